The van der Waals surface area contributed by atoms with Crippen molar-refractivity contribution in [2.75, 3.05) is 16.6 Å². The molecule has 1 amide bonds. The highest BCUT2D eigenvalue weighted by Gasteiger charge is 2.16. The molecule has 0 aliphatic rings. The van der Waals surface area contributed by atoms with Crippen LogP contribution in [0.2, 0.25) is 0 Å². The number of carbonyl (C=O) groups is 2. The molecule has 12 heteroatoms. The summed E-state index contributed by atoms with van der Waals surface area (Å²) in [5, 5.41) is 2.52. The average molecular weight is 453 g/mol. The minimum Gasteiger partial charge on any atom is -0.452 e. The Hall–Kier alpha value is -4.32. The third-order valence-electron chi connectivity index (χ3n) is 4.14. The summed E-state index contributed by atoms with van der Waals surface area (Å²) in [7, 11) is -3.89. The minimum absolute atomic E-state index is 0.0443. The van der Waals surface area contributed by atoms with Crippen molar-refractivity contribution >= 4 is 44.6 Å². The number of sulfonamides is 1. The van der Waals surface area contributed by atoms with Gasteiger partial charge < -0.3 is 14.5 Å². The second-order valence-corrected chi connectivity index (χ2v) is 8.04. The highest BCUT2D eigenvalue weighted by molar-refractivity contribution is 7.92. The van der Waals surface area contributed by atoms with Crippen LogP contribution in [0.1, 0.15) is 10.4 Å². The molecular weight excluding hydrogens is 438 g/mol. The van der Waals surface area contributed by atoms with Crippen molar-refractivity contribution in [1.82, 2.24) is 15.0 Å². The fourth-order valence-corrected chi connectivity index (χ4v) is 3.60. The molecule has 2 N–H and O–H groups in total. The van der Waals surface area contributed by atoms with Gasteiger partial charge in [0, 0.05) is 18.1 Å². The van der Waals surface area contributed by atoms with Crippen LogP contribution < -0.4 is 10.0 Å². The van der Waals surface area contributed by atoms with E-state index in [1.165, 1.54) is 55.2 Å². The molecule has 2 aromatic heterocycles. The summed E-state index contributed by atoms with van der Waals surface area (Å²) in [5.41, 5.74) is 1.55. The molecular formula is C20H15N5O6S. The second kappa shape index (κ2) is 8.81. The number of fused-ring (bicyclic) bond motifs is 1. The molecule has 4 aromatic rings. The molecule has 32 heavy (non-hydrogen) atoms. The molecule has 0 fully saturated rings. The van der Waals surface area contributed by atoms with E-state index in [0.29, 0.717) is 16.8 Å². The molecule has 0 atom stereocenters. The topological polar surface area (TPSA) is 153 Å². The Bertz CT molecular complexity index is 1370. The van der Waals surface area contributed by atoms with E-state index in [1.54, 1.807) is 12.1 Å². The van der Waals surface area contributed by atoms with Gasteiger partial charge in [0.25, 0.3) is 15.9 Å². The number of esters is 1. The van der Waals surface area contributed by atoms with E-state index < -0.39 is 28.5 Å². The molecule has 0 spiro atoms. The number of carbonyl (C=O) groups excluding carboxylic acids is 2. The molecule has 4 rings (SSSR count). The Morgan fingerprint density at radius 3 is 2.50 bits per heavy atom. The average Bonchev–Trinajstić information content (AvgIpc) is 3.26. The van der Waals surface area contributed by atoms with Crippen molar-refractivity contribution < 1.29 is 27.2 Å². The zero-order valence-electron chi connectivity index (χ0n) is 16.3. The predicted molar refractivity (Wildman–Crippen MR) is 112 cm³/mol. The number of benzene rings is 2. The molecule has 0 radical (unpaired) electrons. The smallest absolute Gasteiger partial charge is 0.338 e. The van der Waals surface area contributed by atoms with E-state index in [0.717, 1.165) is 0 Å². The maximum absolute atomic E-state index is 12.4. The number of anilines is 2. The minimum atomic E-state index is -3.89. The summed E-state index contributed by atoms with van der Waals surface area (Å²) < 4.78 is 37.1. The van der Waals surface area contributed by atoms with E-state index >= 15 is 0 Å². The molecule has 0 aliphatic heterocycles. The van der Waals surface area contributed by atoms with Crippen molar-refractivity contribution in [1.29, 1.82) is 0 Å². The summed E-state index contributed by atoms with van der Waals surface area (Å²) >= 11 is 0. The lowest BCUT2D eigenvalue weighted by atomic mass is 10.2. The van der Waals surface area contributed by atoms with Gasteiger partial charge in [-0.2, -0.15) is 0 Å². The van der Waals surface area contributed by atoms with Gasteiger partial charge in [-0.1, -0.05) is 0 Å². The molecule has 11 nitrogen and oxygen atoms in total. The second-order valence-electron chi connectivity index (χ2n) is 6.36. The Kier molecular flexibility index (Phi) is 5.77. The van der Waals surface area contributed by atoms with Gasteiger partial charge in [0.2, 0.25) is 5.95 Å². The SMILES string of the molecule is O=C(COC(=O)c1ccc2ncoc2c1)Nc1ccc(S(=O)(=O)Nc2ncccn2)cc1. The molecule has 162 valence electrons. The summed E-state index contributed by atoms with van der Waals surface area (Å²) in [6, 6.07) is 11.6. The summed E-state index contributed by atoms with van der Waals surface area (Å²) in [6.07, 6.45) is 4.07. The van der Waals surface area contributed by atoms with Gasteiger partial charge >= 0.3 is 5.97 Å². The van der Waals surface area contributed by atoms with Crippen molar-refractivity contribution in [3.8, 4) is 0 Å². The van der Waals surface area contributed by atoms with Crippen LogP contribution in [-0.2, 0) is 19.6 Å². The van der Waals surface area contributed by atoms with Crippen molar-refractivity contribution in [2.45, 2.75) is 4.90 Å². The quantitative estimate of drug-likeness (QED) is 0.401. The fraction of sp³-hybridized carbons (Fsp3) is 0.0500. The lowest BCUT2D eigenvalue weighted by Gasteiger charge is -2.09. The van der Waals surface area contributed by atoms with E-state index in [-0.39, 0.29) is 16.4 Å². The standard InChI is InChI=1S/C20H15N5O6S/c26-18(11-30-19(27)13-2-7-16-17(10-13)31-12-23-16)24-14-3-5-15(6-4-14)32(28,29)25-20-21-8-1-9-22-20/h1-10,12H,11H2,(H,24,26)(H,21,22,25). The Morgan fingerprint density at radius 1 is 1.00 bits per heavy atom. The van der Waals surface area contributed by atoms with Crippen LogP contribution in [0.4, 0.5) is 11.6 Å². The Balaban J connectivity index is 1.32. The molecule has 2 aromatic carbocycles. The van der Waals surface area contributed by atoms with Crippen LogP contribution in [-0.4, -0.2) is 41.9 Å². The highest BCUT2D eigenvalue weighted by Crippen LogP contribution is 2.17. The van der Waals surface area contributed by atoms with Gasteiger partial charge in [-0.05, 0) is 48.5 Å². The van der Waals surface area contributed by atoms with Crippen LogP contribution in [0, 0.1) is 0 Å². The Morgan fingerprint density at radius 2 is 1.75 bits per heavy atom. The number of nitrogens with zero attached hydrogens (tertiary/aromatic N) is 3. The molecule has 0 unspecified atom stereocenters. The predicted octanol–water partition coefficient (Wildman–Crippen LogP) is 2.21. The van der Waals surface area contributed by atoms with E-state index in [2.05, 4.69) is 25.0 Å². The van der Waals surface area contributed by atoms with Crippen molar-refractivity contribution in [2.24, 2.45) is 0 Å². The maximum Gasteiger partial charge on any atom is 0.338 e. The van der Waals surface area contributed by atoms with E-state index in [1.807, 2.05) is 0 Å². The normalized spacial score (nSPS) is 11.1. The van der Waals surface area contributed by atoms with Gasteiger partial charge in [-0.25, -0.2) is 32.9 Å². The van der Waals surface area contributed by atoms with Gasteiger partial charge in [0.1, 0.15) is 5.52 Å². The Labute approximate surface area is 181 Å². The van der Waals surface area contributed by atoms with Crippen molar-refractivity contribution in [3.63, 3.8) is 0 Å². The van der Waals surface area contributed by atoms with Crippen LogP contribution in [0.25, 0.3) is 11.1 Å². The number of hydrogen-bond donors (Lipinski definition) is 2. The summed E-state index contributed by atoms with van der Waals surface area (Å²) in [4.78, 5) is 35.7. The largest absolute Gasteiger partial charge is 0.452 e. The van der Waals surface area contributed by atoms with E-state index in [9.17, 15) is 18.0 Å². The van der Waals surface area contributed by atoms with Gasteiger partial charge in [-0.3, -0.25) is 4.79 Å². The van der Waals surface area contributed by atoms with E-state index in [4.69, 9.17) is 9.15 Å². The number of rotatable bonds is 7. The third-order valence-corrected chi connectivity index (χ3v) is 5.49. The van der Waals surface area contributed by atoms with Crippen LogP contribution in [0.15, 0.2) is 76.6 Å². The first-order valence-corrected chi connectivity index (χ1v) is 10.6. The first-order valence-electron chi connectivity index (χ1n) is 9.11. The summed E-state index contributed by atoms with van der Waals surface area (Å²) in [5.74, 6) is -1.35. The number of hydrogen-bond acceptors (Lipinski definition) is 9. The van der Waals surface area contributed by atoms with Crippen LogP contribution >= 0.6 is 0 Å². The summed E-state index contributed by atoms with van der Waals surface area (Å²) in [6.45, 7) is -0.528. The van der Waals surface area contributed by atoms with Gasteiger partial charge in [0.15, 0.2) is 18.6 Å². The number of nitrogens with one attached hydrogen (secondary N) is 2. The molecule has 0 saturated heterocycles. The number of amides is 1. The number of ether oxygens (including phenoxy) is 1. The van der Waals surface area contributed by atoms with Crippen LogP contribution in [0.5, 0.6) is 0 Å². The molecule has 0 aliphatic carbocycles. The first-order chi connectivity index (χ1) is 15.4. The van der Waals surface area contributed by atoms with Crippen LogP contribution in [0.3, 0.4) is 0 Å². The number of aromatic nitrogens is 3. The van der Waals surface area contributed by atoms with Gasteiger partial charge in [0.05, 0.1) is 10.5 Å². The molecule has 0 bridgehead atoms. The third kappa shape index (κ3) is 4.87. The fourth-order valence-electron chi connectivity index (χ4n) is 2.64. The lowest BCUT2D eigenvalue weighted by molar-refractivity contribution is -0.119. The monoisotopic (exact) mass is 453 g/mol. The lowest BCUT2D eigenvalue weighted by Crippen LogP contribution is -2.21. The highest BCUT2D eigenvalue weighted by atomic mass is 32.2. The molecule has 0 saturated carbocycles. The van der Waals surface area contributed by atoms with Crippen molar-refractivity contribution in [3.05, 3.63) is 72.9 Å². The zero-order valence-corrected chi connectivity index (χ0v) is 17.1. The first kappa shape index (κ1) is 20.9. The van der Waals surface area contributed by atoms with Gasteiger partial charge in [-0.15, -0.1) is 0 Å². The maximum atomic E-state index is 12.4. The molecule has 2 heterocycles. The number of oxazole rings is 1. The zero-order chi connectivity index (χ0) is 22.6.